The number of likely N-dealkylation sites (tertiary alicyclic amines) is 1. The first-order valence-electron chi connectivity index (χ1n) is 7.44. The van der Waals surface area contributed by atoms with E-state index in [1.165, 1.54) is 19.4 Å². The molecule has 0 aromatic carbocycles. The highest BCUT2D eigenvalue weighted by molar-refractivity contribution is 7.10. The average molecular weight is 310 g/mol. The Morgan fingerprint density at radius 2 is 2.38 bits per heavy atom. The van der Waals surface area contributed by atoms with E-state index < -0.39 is 5.60 Å². The summed E-state index contributed by atoms with van der Waals surface area (Å²) in [5.74, 6) is 0.743. The first-order chi connectivity index (χ1) is 10.0. The van der Waals surface area contributed by atoms with Crippen molar-refractivity contribution in [2.45, 2.75) is 31.4 Å². The van der Waals surface area contributed by atoms with Crippen molar-refractivity contribution in [3.8, 4) is 0 Å². The van der Waals surface area contributed by atoms with E-state index in [1.54, 1.807) is 18.4 Å². The Hall–Kier alpha value is -1.11. The van der Waals surface area contributed by atoms with Gasteiger partial charge in [0, 0.05) is 24.5 Å². The molecule has 1 aliphatic heterocycles. The van der Waals surface area contributed by atoms with Gasteiger partial charge in [0.05, 0.1) is 6.54 Å². The van der Waals surface area contributed by atoms with Gasteiger partial charge in [-0.25, -0.2) is 0 Å². The van der Waals surface area contributed by atoms with Crippen molar-refractivity contribution >= 4 is 17.3 Å². The highest BCUT2D eigenvalue weighted by Gasteiger charge is 2.25. The van der Waals surface area contributed by atoms with Crippen LogP contribution in [0.3, 0.4) is 0 Å². The van der Waals surface area contributed by atoms with Crippen LogP contribution in [-0.2, 0) is 5.60 Å². The minimum atomic E-state index is -0.879. The minimum absolute atomic E-state index is 0.438. The fourth-order valence-electron chi connectivity index (χ4n) is 2.60. The van der Waals surface area contributed by atoms with Gasteiger partial charge in [0.2, 0.25) is 0 Å². The Balaban J connectivity index is 1.80. The van der Waals surface area contributed by atoms with Crippen LogP contribution in [0.4, 0.5) is 0 Å². The van der Waals surface area contributed by atoms with Gasteiger partial charge in [0.15, 0.2) is 5.96 Å². The number of aliphatic imine (C=N–C) groups is 1. The molecule has 1 fully saturated rings. The monoisotopic (exact) mass is 310 g/mol. The van der Waals surface area contributed by atoms with Gasteiger partial charge in [-0.3, -0.25) is 4.99 Å². The molecular formula is C15H26N4OS. The smallest absolute Gasteiger partial charge is 0.191 e. The Morgan fingerprint density at radius 3 is 2.95 bits per heavy atom. The van der Waals surface area contributed by atoms with E-state index >= 15 is 0 Å². The second kappa shape index (κ2) is 7.24. The molecule has 2 heterocycles. The zero-order valence-electron chi connectivity index (χ0n) is 13.1. The minimum Gasteiger partial charge on any atom is -0.383 e. The summed E-state index contributed by atoms with van der Waals surface area (Å²) in [5.41, 5.74) is -0.879. The van der Waals surface area contributed by atoms with Crippen molar-refractivity contribution < 1.29 is 5.11 Å². The molecule has 6 heteroatoms. The quantitative estimate of drug-likeness (QED) is 0.565. The summed E-state index contributed by atoms with van der Waals surface area (Å²) in [6.07, 6.45) is 2.50. The van der Waals surface area contributed by atoms with Crippen LogP contribution in [0.25, 0.3) is 0 Å². The summed E-state index contributed by atoms with van der Waals surface area (Å²) in [5, 5.41) is 19.0. The third-order valence-electron chi connectivity index (χ3n) is 4.05. The summed E-state index contributed by atoms with van der Waals surface area (Å²) < 4.78 is 0. The SMILES string of the molecule is CN=C(NCC1CCCN1C)NCC(C)(O)c1cccs1. The lowest BCUT2D eigenvalue weighted by Crippen LogP contribution is -2.47. The number of rotatable bonds is 5. The zero-order valence-corrected chi connectivity index (χ0v) is 13.9. The topological polar surface area (TPSA) is 59.9 Å². The van der Waals surface area contributed by atoms with Crippen molar-refractivity contribution in [1.29, 1.82) is 0 Å². The Bertz CT molecular complexity index is 458. The maximum Gasteiger partial charge on any atom is 0.191 e. The number of guanidine groups is 1. The van der Waals surface area contributed by atoms with Gasteiger partial charge >= 0.3 is 0 Å². The molecule has 0 amide bonds. The highest BCUT2D eigenvalue weighted by Crippen LogP contribution is 2.24. The summed E-state index contributed by atoms with van der Waals surface area (Å²) in [6.45, 7) is 4.32. The fraction of sp³-hybridized carbons (Fsp3) is 0.667. The van der Waals surface area contributed by atoms with Gasteiger partial charge in [0.25, 0.3) is 0 Å². The highest BCUT2D eigenvalue weighted by atomic mass is 32.1. The Labute approximate surface area is 131 Å². The standard InChI is InChI=1S/C15H26N4OS/c1-15(20,13-7-5-9-21-13)11-18-14(16-2)17-10-12-6-4-8-19(12)3/h5,7,9,12,20H,4,6,8,10-11H2,1-3H3,(H2,16,17,18). The van der Waals surface area contributed by atoms with E-state index in [4.69, 9.17) is 0 Å². The molecule has 118 valence electrons. The second-order valence-electron chi connectivity index (χ2n) is 5.83. The third-order valence-corrected chi connectivity index (χ3v) is 5.18. The number of aliphatic hydroxyl groups is 1. The van der Waals surface area contributed by atoms with E-state index in [9.17, 15) is 5.11 Å². The summed E-state index contributed by atoms with van der Waals surface area (Å²) in [7, 11) is 3.92. The molecule has 0 bridgehead atoms. The molecule has 0 spiro atoms. The maximum absolute atomic E-state index is 10.5. The van der Waals surface area contributed by atoms with Crippen molar-refractivity contribution in [3.05, 3.63) is 22.4 Å². The number of likely N-dealkylation sites (N-methyl/N-ethyl adjacent to an activating group) is 1. The van der Waals surface area contributed by atoms with Crippen molar-refractivity contribution in [3.63, 3.8) is 0 Å². The van der Waals surface area contributed by atoms with Gasteiger partial charge < -0.3 is 20.6 Å². The molecule has 1 aromatic heterocycles. The van der Waals surface area contributed by atoms with Gasteiger partial charge in [-0.1, -0.05) is 6.07 Å². The second-order valence-corrected chi connectivity index (χ2v) is 6.78. The van der Waals surface area contributed by atoms with Crippen molar-refractivity contribution in [2.24, 2.45) is 4.99 Å². The summed E-state index contributed by atoms with van der Waals surface area (Å²) in [4.78, 5) is 7.56. The molecule has 0 aliphatic carbocycles. The van der Waals surface area contributed by atoms with Crippen LogP contribution in [0.1, 0.15) is 24.6 Å². The van der Waals surface area contributed by atoms with Crippen LogP contribution in [0.5, 0.6) is 0 Å². The normalized spacial score (nSPS) is 23.0. The molecular weight excluding hydrogens is 284 g/mol. The molecule has 2 unspecified atom stereocenters. The lowest BCUT2D eigenvalue weighted by Gasteiger charge is -2.25. The number of nitrogens with zero attached hydrogens (tertiary/aromatic N) is 2. The molecule has 1 saturated heterocycles. The van der Waals surface area contributed by atoms with Gasteiger partial charge in [-0.05, 0) is 44.8 Å². The molecule has 21 heavy (non-hydrogen) atoms. The van der Waals surface area contributed by atoms with Crippen LogP contribution >= 0.6 is 11.3 Å². The summed E-state index contributed by atoms with van der Waals surface area (Å²) in [6, 6.07) is 4.48. The van der Waals surface area contributed by atoms with Crippen LogP contribution in [0, 0.1) is 0 Å². The molecule has 2 rings (SSSR count). The van der Waals surface area contributed by atoms with Gasteiger partial charge in [0.1, 0.15) is 5.60 Å². The predicted molar refractivity (Wildman–Crippen MR) is 88.9 cm³/mol. The van der Waals surface area contributed by atoms with Gasteiger partial charge in [-0.2, -0.15) is 0 Å². The molecule has 1 aromatic rings. The first kappa shape index (κ1) is 16.3. The van der Waals surface area contributed by atoms with E-state index in [0.717, 1.165) is 17.4 Å². The van der Waals surface area contributed by atoms with Crippen LogP contribution < -0.4 is 10.6 Å². The summed E-state index contributed by atoms with van der Waals surface area (Å²) >= 11 is 1.57. The average Bonchev–Trinajstić information content (AvgIpc) is 3.11. The maximum atomic E-state index is 10.5. The van der Waals surface area contributed by atoms with Crippen LogP contribution in [0.2, 0.25) is 0 Å². The molecule has 0 saturated carbocycles. The fourth-order valence-corrected chi connectivity index (χ4v) is 3.39. The van der Waals surface area contributed by atoms with E-state index in [2.05, 4.69) is 27.6 Å². The van der Waals surface area contributed by atoms with Gasteiger partial charge in [-0.15, -0.1) is 11.3 Å². The Kier molecular flexibility index (Phi) is 5.61. The third kappa shape index (κ3) is 4.43. The Morgan fingerprint density at radius 1 is 1.57 bits per heavy atom. The van der Waals surface area contributed by atoms with Crippen molar-refractivity contribution in [2.75, 3.05) is 33.7 Å². The molecule has 5 nitrogen and oxygen atoms in total. The number of nitrogens with one attached hydrogen (secondary N) is 2. The lowest BCUT2D eigenvalue weighted by molar-refractivity contribution is 0.0655. The predicted octanol–water partition coefficient (Wildman–Crippen LogP) is 1.21. The van der Waals surface area contributed by atoms with E-state index in [-0.39, 0.29) is 0 Å². The number of hydrogen-bond acceptors (Lipinski definition) is 4. The van der Waals surface area contributed by atoms with Crippen LogP contribution in [0.15, 0.2) is 22.5 Å². The molecule has 3 N–H and O–H groups in total. The molecule has 1 aliphatic rings. The zero-order chi connectivity index (χ0) is 15.3. The van der Waals surface area contributed by atoms with E-state index in [0.29, 0.717) is 12.6 Å². The molecule has 2 atom stereocenters. The lowest BCUT2D eigenvalue weighted by atomic mass is 10.1. The van der Waals surface area contributed by atoms with E-state index in [1.807, 2.05) is 24.4 Å². The largest absolute Gasteiger partial charge is 0.383 e. The molecule has 0 radical (unpaired) electrons. The number of hydrogen-bond donors (Lipinski definition) is 3. The van der Waals surface area contributed by atoms with Crippen LogP contribution in [-0.4, -0.2) is 55.7 Å². The number of thiophene rings is 1. The first-order valence-corrected chi connectivity index (χ1v) is 8.32. The van der Waals surface area contributed by atoms with Crippen molar-refractivity contribution in [1.82, 2.24) is 15.5 Å².